The fraction of sp³-hybridized carbons (Fsp3) is 0.364. The summed E-state index contributed by atoms with van der Waals surface area (Å²) in [6.07, 6.45) is 0. The van der Waals surface area contributed by atoms with Gasteiger partial charge in [0.05, 0.1) is 0 Å². The first-order valence-corrected chi connectivity index (χ1v) is 4.61. The zero-order chi connectivity index (χ0) is 10.7. The fourth-order valence-corrected chi connectivity index (χ4v) is 1.45. The third-order valence-corrected chi connectivity index (χ3v) is 2.15. The van der Waals surface area contributed by atoms with Gasteiger partial charge in [-0.25, -0.2) is 0 Å². The molecule has 0 radical (unpaired) electrons. The number of carbonyl (C=O) groups is 1. The first kappa shape index (κ1) is 10.6. The van der Waals surface area contributed by atoms with Gasteiger partial charge in [0.15, 0.2) is 0 Å². The zero-order valence-corrected chi connectivity index (χ0v) is 9.06. The number of carbonyl (C=O) groups excluding carboxylic acids is 1. The Balaban J connectivity index is 3.10. The normalized spacial score (nSPS) is 9.71. The van der Waals surface area contributed by atoms with Crippen molar-refractivity contribution in [2.24, 2.45) is 0 Å². The van der Waals surface area contributed by atoms with Crippen molar-refractivity contribution in [3.05, 3.63) is 23.3 Å². The van der Waals surface area contributed by atoms with E-state index in [0.29, 0.717) is 0 Å². The summed E-state index contributed by atoms with van der Waals surface area (Å²) in [6.45, 7) is 5.53. The van der Waals surface area contributed by atoms with E-state index in [-0.39, 0.29) is 5.91 Å². The Kier molecular flexibility index (Phi) is 3.12. The van der Waals surface area contributed by atoms with Gasteiger partial charge in [-0.05, 0) is 31.0 Å². The molecule has 0 spiro atoms. The van der Waals surface area contributed by atoms with E-state index in [0.717, 1.165) is 16.9 Å². The quantitative estimate of drug-likeness (QED) is 0.755. The van der Waals surface area contributed by atoms with Crippen LogP contribution in [-0.2, 0) is 4.79 Å². The van der Waals surface area contributed by atoms with Crippen LogP contribution in [0.2, 0.25) is 0 Å². The van der Waals surface area contributed by atoms with E-state index in [9.17, 15) is 4.79 Å². The topological polar surface area (TPSA) is 41.1 Å². The van der Waals surface area contributed by atoms with E-state index in [1.54, 1.807) is 0 Å². The molecule has 0 aliphatic heterocycles. The summed E-state index contributed by atoms with van der Waals surface area (Å²) in [6, 6.07) is 4.00. The fourth-order valence-electron chi connectivity index (χ4n) is 1.45. The number of hydrogen-bond acceptors (Lipinski definition) is 2. The van der Waals surface area contributed by atoms with Gasteiger partial charge < -0.3 is 10.6 Å². The molecule has 1 rings (SSSR count). The molecule has 0 atom stereocenters. The summed E-state index contributed by atoms with van der Waals surface area (Å²) in [5.74, 6) is -0.0426. The number of rotatable bonds is 2. The van der Waals surface area contributed by atoms with E-state index in [1.807, 2.05) is 27.0 Å². The number of aryl methyl sites for hydroxylation is 2. The first-order chi connectivity index (χ1) is 6.54. The molecule has 3 nitrogen and oxygen atoms in total. The van der Waals surface area contributed by atoms with Crippen LogP contribution >= 0.6 is 0 Å². The van der Waals surface area contributed by atoms with Crippen molar-refractivity contribution in [1.82, 2.24) is 0 Å². The standard InChI is InChI=1S/C11H16N2O/c1-7-5-8(2)11(13-9(3)14)6-10(7)12-4/h5-6,12H,1-4H3,(H,13,14). The van der Waals surface area contributed by atoms with Crippen LogP contribution in [0.15, 0.2) is 12.1 Å². The smallest absolute Gasteiger partial charge is 0.221 e. The highest BCUT2D eigenvalue weighted by atomic mass is 16.1. The van der Waals surface area contributed by atoms with E-state index >= 15 is 0 Å². The average Bonchev–Trinajstić information content (AvgIpc) is 2.09. The second kappa shape index (κ2) is 4.13. The highest BCUT2D eigenvalue weighted by Crippen LogP contribution is 2.23. The number of anilines is 2. The van der Waals surface area contributed by atoms with Gasteiger partial charge in [0.25, 0.3) is 0 Å². The van der Waals surface area contributed by atoms with Gasteiger partial charge in [-0.2, -0.15) is 0 Å². The van der Waals surface area contributed by atoms with Crippen molar-refractivity contribution in [2.75, 3.05) is 17.7 Å². The molecule has 1 aromatic carbocycles. The van der Waals surface area contributed by atoms with Gasteiger partial charge in [-0.1, -0.05) is 6.07 Å². The maximum atomic E-state index is 10.9. The molecule has 76 valence electrons. The van der Waals surface area contributed by atoms with Gasteiger partial charge >= 0.3 is 0 Å². The SMILES string of the molecule is CNc1cc(NC(C)=O)c(C)cc1C. The summed E-state index contributed by atoms with van der Waals surface area (Å²) in [4.78, 5) is 10.9. The van der Waals surface area contributed by atoms with Crippen molar-refractivity contribution in [2.45, 2.75) is 20.8 Å². The van der Waals surface area contributed by atoms with Crippen LogP contribution in [0.1, 0.15) is 18.1 Å². The summed E-state index contributed by atoms with van der Waals surface area (Å²) < 4.78 is 0. The van der Waals surface area contributed by atoms with Crippen LogP contribution in [-0.4, -0.2) is 13.0 Å². The molecule has 0 aliphatic carbocycles. The van der Waals surface area contributed by atoms with Crippen LogP contribution in [0.4, 0.5) is 11.4 Å². The maximum Gasteiger partial charge on any atom is 0.221 e. The second-order valence-electron chi connectivity index (χ2n) is 3.41. The molecule has 0 bridgehead atoms. The molecule has 0 unspecified atom stereocenters. The lowest BCUT2D eigenvalue weighted by Gasteiger charge is -2.11. The molecule has 2 N–H and O–H groups in total. The molecule has 0 heterocycles. The number of amides is 1. The first-order valence-electron chi connectivity index (χ1n) is 4.61. The summed E-state index contributed by atoms with van der Waals surface area (Å²) in [5, 5.41) is 5.88. The zero-order valence-electron chi connectivity index (χ0n) is 9.06. The Labute approximate surface area is 84.5 Å². The predicted octanol–water partition coefficient (Wildman–Crippen LogP) is 2.30. The van der Waals surface area contributed by atoms with Crippen molar-refractivity contribution in [1.29, 1.82) is 0 Å². The van der Waals surface area contributed by atoms with Crippen molar-refractivity contribution in [3.8, 4) is 0 Å². The van der Waals surface area contributed by atoms with Crippen molar-refractivity contribution in [3.63, 3.8) is 0 Å². The minimum absolute atomic E-state index is 0.0426. The third kappa shape index (κ3) is 2.25. The minimum Gasteiger partial charge on any atom is -0.388 e. The van der Waals surface area contributed by atoms with E-state index < -0.39 is 0 Å². The van der Waals surface area contributed by atoms with Gasteiger partial charge in [0.2, 0.25) is 5.91 Å². The molecule has 0 saturated heterocycles. The molecule has 1 aromatic rings. The third-order valence-electron chi connectivity index (χ3n) is 2.15. The van der Waals surface area contributed by atoms with Crippen LogP contribution in [0, 0.1) is 13.8 Å². The monoisotopic (exact) mass is 192 g/mol. The van der Waals surface area contributed by atoms with Gasteiger partial charge in [0, 0.05) is 25.3 Å². The Hall–Kier alpha value is -1.51. The van der Waals surface area contributed by atoms with Crippen LogP contribution in [0.5, 0.6) is 0 Å². The molecule has 0 fully saturated rings. The van der Waals surface area contributed by atoms with Crippen LogP contribution in [0.25, 0.3) is 0 Å². The maximum absolute atomic E-state index is 10.9. The van der Waals surface area contributed by atoms with Gasteiger partial charge in [-0.3, -0.25) is 4.79 Å². The van der Waals surface area contributed by atoms with E-state index in [2.05, 4.69) is 16.7 Å². The number of hydrogen-bond donors (Lipinski definition) is 2. The average molecular weight is 192 g/mol. The van der Waals surface area contributed by atoms with Crippen LogP contribution < -0.4 is 10.6 Å². The lowest BCUT2D eigenvalue weighted by atomic mass is 10.1. The Morgan fingerprint density at radius 1 is 1.14 bits per heavy atom. The Morgan fingerprint density at radius 3 is 2.21 bits per heavy atom. The summed E-state index contributed by atoms with van der Waals surface area (Å²) in [7, 11) is 1.87. The molecule has 14 heavy (non-hydrogen) atoms. The highest BCUT2D eigenvalue weighted by molar-refractivity contribution is 5.90. The highest BCUT2D eigenvalue weighted by Gasteiger charge is 2.04. The van der Waals surface area contributed by atoms with Crippen molar-refractivity contribution < 1.29 is 4.79 Å². The molecule has 0 saturated carbocycles. The number of nitrogens with one attached hydrogen (secondary N) is 2. The Morgan fingerprint density at radius 2 is 1.71 bits per heavy atom. The number of benzene rings is 1. The van der Waals surface area contributed by atoms with Gasteiger partial charge in [0.1, 0.15) is 0 Å². The van der Waals surface area contributed by atoms with Gasteiger partial charge in [-0.15, -0.1) is 0 Å². The lowest BCUT2D eigenvalue weighted by molar-refractivity contribution is -0.114. The summed E-state index contributed by atoms with van der Waals surface area (Å²) in [5.41, 5.74) is 4.17. The van der Waals surface area contributed by atoms with E-state index in [1.165, 1.54) is 12.5 Å². The van der Waals surface area contributed by atoms with E-state index in [4.69, 9.17) is 0 Å². The predicted molar refractivity (Wildman–Crippen MR) is 59.8 cm³/mol. The molecular weight excluding hydrogens is 176 g/mol. The van der Waals surface area contributed by atoms with Crippen molar-refractivity contribution >= 4 is 17.3 Å². The molecule has 0 aromatic heterocycles. The largest absolute Gasteiger partial charge is 0.388 e. The Bertz CT molecular complexity index is 359. The molecule has 1 amide bonds. The molecular formula is C11H16N2O. The molecule has 3 heteroatoms. The van der Waals surface area contributed by atoms with Crippen LogP contribution in [0.3, 0.4) is 0 Å². The second-order valence-corrected chi connectivity index (χ2v) is 3.41. The molecule has 0 aliphatic rings. The minimum atomic E-state index is -0.0426. The lowest BCUT2D eigenvalue weighted by Crippen LogP contribution is -2.08. The summed E-state index contributed by atoms with van der Waals surface area (Å²) >= 11 is 0.